The molecule has 1 saturated carbocycles. The molecule has 1 N–H and O–H groups in total. The predicted octanol–water partition coefficient (Wildman–Crippen LogP) is 2.27. The van der Waals surface area contributed by atoms with E-state index in [0.717, 1.165) is 32.2 Å². The number of hydrogen-bond acceptors (Lipinski definition) is 2. The maximum absolute atomic E-state index is 3.81. The molecule has 0 bridgehead atoms. The fourth-order valence-electron chi connectivity index (χ4n) is 1.86. The van der Waals surface area contributed by atoms with Crippen LogP contribution in [0.1, 0.15) is 33.6 Å². The predicted molar refractivity (Wildman–Crippen MR) is 67.1 cm³/mol. The third-order valence-corrected chi connectivity index (χ3v) is 2.93. The van der Waals surface area contributed by atoms with Gasteiger partial charge in [-0.2, -0.15) is 0 Å². The lowest BCUT2D eigenvalue weighted by Crippen LogP contribution is -2.41. The number of rotatable bonds is 8. The molecule has 0 aliphatic heterocycles. The van der Waals surface area contributed by atoms with Crippen LogP contribution < -0.4 is 5.32 Å². The van der Waals surface area contributed by atoms with E-state index in [1.807, 2.05) is 6.08 Å². The molecule has 1 rings (SSSR count). The normalized spacial score (nSPS) is 17.1. The van der Waals surface area contributed by atoms with Gasteiger partial charge in [-0.15, -0.1) is 6.58 Å². The summed E-state index contributed by atoms with van der Waals surface area (Å²) in [7, 11) is 0. The first-order valence-corrected chi connectivity index (χ1v) is 6.14. The fraction of sp³-hybridized carbons (Fsp3) is 0.846. The van der Waals surface area contributed by atoms with E-state index in [1.165, 1.54) is 12.8 Å². The third-order valence-electron chi connectivity index (χ3n) is 2.93. The van der Waals surface area contributed by atoms with Crippen LogP contribution in [0.25, 0.3) is 0 Å². The van der Waals surface area contributed by atoms with Crippen LogP contribution >= 0.6 is 0 Å². The summed E-state index contributed by atoms with van der Waals surface area (Å²) in [4.78, 5) is 2.45. The molecule has 0 amide bonds. The van der Waals surface area contributed by atoms with Crippen LogP contribution in [0.3, 0.4) is 0 Å². The Bertz CT molecular complexity index is 195. The van der Waals surface area contributed by atoms with Gasteiger partial charge < -0.3 is 5.32 Å². The van der Waals surface area contributed by atoms with E-state index in [0.29, 0.717) is 5.41 Å². The monoisotopic (exact) mass is 210 g/mol. The maximum Gasteiger partial charge on any atom is 0.0160 e. The smallest absolute Gasteiger partial charge is 0.0160 e. The fourth-order valence-corrected chi connectivity index (χ4v) is 1.86. The van der Waals surface area contributed by atoms with Crippen molar-refractivity contribution in [3.63, 3.8) is 0 Å². The van der Waals surface area contributed by atoms with Crippen LogP contribution in [-0.4, -0.2) is 37.1 Å². The average molecular weight is 210 g/mol. The van der Waals surface area contributed by atoms with Crippen molar-refractivity contribution in [2.45, 2.75) is 39.7 Å². The highest BCUT2D eigenvalue weighted by molar-refractivity contribution is 4.86. The maximum atomic E-state index is 3.81. The highest BCUT2D eigenvalue weighted by Crippen LogP contribution is 2.22. The molecule has 2 heteroatoms. The highest BCUT2D eigenvalue weighted by Gasteiger charge is 2.26. The molecule has 1 aliphatic rings. The summed E-state index contributed by atoms with van der Waals surface area (Å²) in [5, 5.41) is 3.62. The largest absolute Gasteiger partial charge is 0.313 e. The van der Waals surface area contributed by atoms with Crippen molar-refractivity contribution in [1.29, 1.82) is 0 Å². The van der Waals surface area contributed by atoms with Crippen molar-refractivity contribution < 1.29 is 0 Å². The Balaban J connectivity index is 2.26. The second-order valence-electron chi connectivity index (χ2n) is 5.44. The summed E-state index contributed by atoms with van der Waals surface area (Å²) in [5.74, 6) is 0. The van der Waals surface area contributed by atoms with E-state index in [-0.39, 0.29) is 0 Å². The second kappa shape index (κ2) is 5.66. The summed E-state index contributed by atoms with van der Waals surface area (Å²) in [6, 6.07) is 0.818. The lowest BCUT2D eigenvalue weighted by molar-refractivity contribution is 0.195. The zero-order valence-corrected chi connectivity index (χ0v) is 10.6. The zero-order valence-electron chi connectivity index (χ0n) is 10.6. The van der Waals surface area contributed by atoms with Gasteiger partial charge in [-0.05, 0) is 24.8 Å². The van der Waals surface area contributed by atoms with E-state index >= 15 is 0 Å². The van der Waals surface area contributed by atoms with Crippen LogP contribution in [0.4, 0.5) is 0 Å². The summed E-state index contributed by atoms with van der Waals surface area (Å²) in [5.41, 5.74) is 0.363. The molecule has 0 spiro atoms. The van der Waals surface area contributed by atoms with E-state index in [9.17, 15) is 0 Å². The van der Waals surface area contributed by atoms with Gasteiger partial charge in [0.05, 0.1) is 0 Å². The van der Waals surface area contributed by atoms with Crippen LogP contribution in [0, 0.1) is 5.41 Å². The van der Waals surface area contributed by atoms with E-state index in [4.69, 9.17) is 0 Å². The third kappa shape index (κ3) is 5.33. The molecule has 0 unspecified atom stereocenters. The number of likely N-dealkylation sites (N-methyl/N-ethyl adjacent to an activating group) is 1. The Labute approximate surface area is 94.7 Å². The standard InChI is InChI=1S/C13H26N2/c1-5-9-15(6-2)11-13(3,4)10-14-12-7-8-12/h5,12,14H,1,6-11H2,2-4H3. The Morgan fingerprint density at radius 2 is 2.13 bits per heavy atom. The molecule has 0 heterocycles. The van der Waals surface area contributed by atoms with Crippen molar-refractivity contribution in [3.05, 3.63) is 12.7 Å². The molecule has 0 radical (unpaired) electrons. The molecule has 1 fully saturated rings. The van der Waals surface area contributed by atoms with Gasteiger partial charge in [-0.25, -0.2) is 0 Å². The summed E-state index contributed by atoms with van der Waals surface area (Å²) < 4.78 is 0. The van der Waals surface area contributed by atoms with E-state index in [2.05, 4.69) is 37.6 Å². The average Bonchev–Trinajstić information content (AvgIpc) is 2.97. The van der Waals surface area contributed by atoms with Crippen LogP contribution in [0.15, 0.2) is 12.7 Å². The summed E-state index contributed by atoms with van der Waals surface area (Å²) in [6.07, 6.45) is 4.74. The molecular formula is C13H26N2. The number of nitrogens with one attached hydrogen (secondary N) is 1. The van der Waals surface area contributed by atoms with Crippen molar-refractivity contribution >= 4 is 0 Å². The van der Waals surface area contributed by atoms with Crippen LogP contribution in [-0.2, 0) is 0 Å². The Morgan fingerprint density at radius 3 is 2.60 bits per heavy atom. The Morgan fingerprint density at radius 1 is 1.47 bits per heavy atom. The van der Waals surface area contributed by atoms with Crippen molar-refractivity contribution in [2.24, 2.45) is 5.41 Å². The first-order valence-electron chi connectivity index (χ1n) is 6.14. The summed E-state index contributed by atoms with van der Waals surface area (Å²) in [6.45, 7) is 15.1. The highest BCUT2D eigenvalue weighted by atomic mass is 15.1. The number of hydrogen-bond donors (Lipinski definition) is 1. The molecule has 0 saturated heterocycles. The van der Waals surface area contributed by atoms with Gasteiger partial charge in [0, 0.05) is 25.7 Å². The van der Waals surface area contributed by atoms with Crippen LogP contribution in [0.2, 0.25) is 0 Å². The first kappa shape index (κ1) is 12.7. The molecule has 88 valence electrons. The van der Waals surface area contributed by atoms with E-state index < -0.39 is 0 Å². The van der Waals surface area contributed by atoms with Gasteiger partial charge in [0.15, 0.2) is 0 Å². The molecule has 0 aromatic heterocycles. The van der Waals surface area contributed by atoms with Crippen molar-refractivity contribution in [3.8, 4) is 0 Å². The first-order chi connectivity index (χ1) is 7.07. The van der Waals surface area contributed by atoms with Crippen molar-refractivity contribution in [2.75, 3.05) is 26.2 Å². The van der Waals surface area contributed by atoms with Gasteiger partial charge in [-0.3, -0.25) is 4.90 Å². The Kier molecular flexibility index (Phi) is 4.81. The quantitative estimate of drug-likeness (QED) is 0.618. The molecule has 2 nitrogen and oxygen atoms in total. The molecular weight excluding hydrogens is 184 g/mol. The zero-order chi connectivity index (χ0) is 11.3. The van der Waals surface area contributed by atoms with Crippen LogP contribution in [0.5, 0.6) is 0 Å². The van der Waals surface area contributed by atoms with Gasteiger partial charge in [0.25, 0.3) is 0 Å². The molecule has 0 aromatic rings. The SMILES string of the molecule is C=CCN(CC)CC(C)(C)CNC1CC1. The van der Waals surface area contributed by atoms with Gasteiger partial charge in [0.2, 0.25) is 0 Å². The molecule has 0 atom stereocenters. The molecule has 1 aliphatic carbocycles. The molecule has 0 aromatic carbocycles. The van der Waals surface area contributed by atoms with Crippen molar-refractivity contribution in [1.82, 2.24) is 10.2 Å². The Hall–Kier alpha value is -0.340. The number of nitrogens with zero attached hydrogens (tertiary/aromatic N) is 1. The van der Waals surface area contributed by atoms with E-state index in [1.54, 1.807) is 0 Å². The molecule has 15 heavy (non-hydrogen) atoms. The summed E-state index contributed by atoms with van der Waals surface area (Å²) >= 11 is 0. The topological polar surface area (TPSA) is 15.3 Å². The second-order valence-corrected chi connectivity index (χ2v) is 5.44. The minimum Gasteiger partial charge on any atom is -0.313 e. The minimum atomic E-state index is 0.363. The minimum absolute atomic E-state index is 0.363. The van der Waals surface area contributed by atoms with Gasteiger partial charge >= 0.3 is 0 Å². The van der Waals surface area contributed by atoms with Gasteiger partial charge in [-0.1, -0.05) is 26.8 Å². The van der Waals surface area contributed by atoms with Gasteiger partial charge in [0.1, 0.15) is 0 Å². The lowest BCUT2D eigenvalue weighted by atomic mass is 9.92. The lowest BCUT2D eigenvalue weighted by Gasteiger charge is -2.31.